The van der Waals surface area contributed by atoms with Gasteiger partial charge in [-0.15, -0.1) is 0 Å². The first kappa shape index (κ1) is 16.7. The minimum absolute atomic E-state index is 0.0400. The van der Waals surface area contributed by atoms with E-state index in [9.17, 15) is 4.79 Å². The number of ether oxygens (including phenoxy) is 3. The second kappa shape index (κ2) is 7.66. The van der Waals surface area contributed by atoms with Crippen LogP contribution < -0.4 is 24.8 Å². The molecule has 136 valence electrons. The van der Waals surface area contributed by atoms with Gasteiger partial charge in [0.25, 0.3) is 0 Å². The Labute approximate surface area is 152 Å². The maximum atomic E-state index is 12.2. The van der Waals surface area contributed by atoms with Crippen molar-refractivity contribution in [2.24, 2.45) is 0 Å². The minimum Gasteiger partial charge on any atom is -0.489 e. The first-order valence-electron chi connectivity index (χ1n) is 8.91. The smallest absolute Gasteiger partial charge is 0.231 e. The molecule has 0 saturated carbocycles. The molecule has 1 fully saturated rings. The molecule has 2 aliphatic heterocycles. The molecule has 2 aliphatic rings. The van der Waals surface area contributed by atoms with Crippen molar-refractivity contribution < 1.29 is 19.0 Å². The SMILES string of the molecule is O=C(CC1CCCN1)Nc1cccc(COc2ccc3c(c2)OCO3)c1. The Morgan fingerprint density at radius 1 is 1.19 bits per heavy atom. The van der Waals surface area contributed by atoms with Gasteiger partial charge in [0.05, 0.1) is 0 Å². The van der Waals surface area contributed by atoms with E-state index in [0.29, 0.717) is 24.8 Å². The standard InChI is InChI=1S/C20H22N2O4/c23-20(10-15-5-2-8-21-15)22-16-4-1-3-14(9-16)12-24-17-6-7-18-19(11-17)26-13-25-18/h1,3-4,6-7,9,11,15,21H,2,5,8,10,12-13H2,(H,22,23). The van der Waals surface area contributed by atoms with Crippen LogP contribution in [0, 0.1) is 0 Å². The van der Waals surface area contributed by atoms with E-state index in [0.717, 1.165) is 42.1 Å². The summed E-state index contributed by atoms with van der Waals surface area (Å²) in [5.74, 6) is 2.19. The van der Waals surface area contributed by atoms with E-state index in [1.165, 1.54) is 0 Å². The van der Waals surface area contributed by atoms with Gasteiger partial charge in [-0.3, -0.25) is 4.79 Å². The number of carbonyl (C=O) groups excluding carboxylic acids is 1. The molecular weight excluding hydrogens is 332 g/mol. The van der Waals surface area contributed by atoms with E-state index < -0.39 is 0 Å². The average molecular weight is 354 g/mol. The highest BCUT2D eigenvalue weighted by molar-refractivity contribution is 5.91. The minimum atomic E-state index is 0.0400. The Balaban J connectivity index is 1.32. The Bertz CT molecular complexity index is 787. The third-order valence-corrected chi connectivity index (χ3v) is 4.55. The van der Waals surface area contributed by atoms with Gasteiger partial charge in [-0.05, 0) is 49.2 Å². The highest BCUT2D eigenvalue weighted by atomic mass is 16.7. The summed E-state index contributed by atoms with van der Waals surface area (Å²) in [6, 6.07) is 13.5. The molecule has 0 bridgehead atoms. The van der Waals surface area contributed by atoms with Crippen LogP contribution in [0.5, 0.6) is 17.2 Å². The zero-order valence-electron chi connectivity index (χ0n) is 14.5. The largest absolute Gasteiger partial charge is 0.489 e. The highest BCUT2D eigenvalue weighted by Crippen LogP contribution is 2.35. The molecule has 1 unspecified atom stereocenters. The van der Waals surface area contributed by atoms with Crippen LogP contribution in [0.2, 0.25) is 0 Å². The molecule has 4 rings (SSSR count). The van der Waals surface area contributed by atoms with Gasteiger partial charge in [-0.25, -0.2) is 0 Å². The summed E-state index contributed by atoms with van der Waals surface area (Å²) in [7, 11) is 0. The Morgan fingerprint density at radius 2 is 2.12 bits per heavy atom. The van der Waals surface area contributed by atoms with Crippen molar-refractivity contribution in [2.75, 3.05) is 18.7 Å². The fraction of sp³-hybridized carbons (Fsp3) is 0.350. The van der Waals surface area contributed by atoms with Crippen LogP contribution >= 0.6 is 0 Å². The molecule has 0 aliphatic carbocycles. The van der Waals surface area contributed by atoms with Crippen molar-refractivity contribution in [3.8, 4) is 17.2 Å². The number of rotatable bonds is 6. The number of hydrogen-bond donors (Lipinski definition) is 2. The number of carbonyl (C=O) groups is 1. The Morgan fingerprint density at radius 3 is 3.00 bits per heavy atom. The summed E-state index contributed by atoms with van der Waals surface area (Å²) in [5.41, 5.74) is 1.78. The van der Waals surface area contributed by atoms with E-state index in [4.69, 9.17) is 14.2 Å². The molecule has 2 aromatic rings. The van der Waals surface area contributed by atoms with Crippen molar-refractivity contribution in [2.45, 2.75) is 31.9 Å². The average Bonchev–Trinajstić information content (AvgIpc) is 3.31. The van der Waals surface area contributed by atoms with E-state index >= 15 is 0 Å². The lowest BCUT2D eigenvalue weighted by Crippen LogP contribution is -2.27. The van der Waals surface area contributed by atoms with Crippen molar-refractivity contribution in [1.82, 2.24) is 5.32 Å². The molecule has 26 heavy (non-hydrogen) atoms. The predicted octanol–water partition coefficient (Wildman–Crippen LogP) is 3.07. The number of benzene rings is 2. The van der Waals surface area contributed by atoms with Gasteiger partial charge in [0, 0.05) is 24.2 Å². The first-order chi connectivity index (χ1) is 12.8. The molecule has 0 radical (unpaired) electrons. The summed E-state index contributed by atoms with van der Waals surface area (Å²) in [4.78, 5) is 12.2. The summed E-state index contributed by atoms with van der Waals surface area (Å²) in [6.45, 7) is 1.66. The summed E-state index contributed by atoms with van der Waals surface area (Å²) in [5, 5.41) is 6.31. The molecule has 1 saturated heterocycles. The molecule has 6 nitrogen and oxygen atoms in total. The summed E-state index contributed by atoms with van der Waals surface area (Å²) in [6.07, 6.45) is 2.72. The van der Waals surface area contributed by atoms with Gasteiger partial charge < -0.3 is 24.8 Å². The van der Waals surface area contributed by atoms with E-state index in [-0.39, 0.29) is 12.7 Å². The van der Waals surface area contributed by atoms with Crippen LogP contribution in [-0.4, -0.2) is 25.3 Å². The zero-order chi connectivity index (χ0) is 17.8. The predicted molar refractivity (Wildman–Crippen MR) is 97.6 cm³/mol. The lowest BCUT2D eigenvalue weighted by atomic mass is 10.1. The fourth-order valence-electron chi connectivity index (χ4n) is 3.24. The van der Waals surface area contributed by atoms with Crippen LogP contribution in [0.3, 0.4) is 0 Å². The number of nitrogens with one attached hydrogen (secondary N) is 2. The van der Waals surface area contributed by atoms with Crippen molar-refractivity contribution in [3.05, 3.63) is 48.0 Å². The van der Waals surface area contributed by atoms with Gasteiger partial charge in [-0.1, -0.05) is 12.1 Å². The van der Waals surface area contributed by atoms with E-state index in [2.05, 4.69) is 10.6 Å². The number of amides is 1. The van der Waals surface area contributed by atoms with Crippen LogP contribution in [0.4, 0.5) is 5.69 Å². The van der Waals surface area contributed by atoms with E-state index in [1.807, 2.05) is 42.5 Å². The second-order valence-corrected chi connectivity index (χ2v) is 6.55. The van der Waals surface area contributed by atoms with Gasteiger partial charge in [0.2, 0.25) is 12.7 Å². The van der Waals surface area contributed by atoms with E-state index in [1.54, 1.807) is 0 Å². The zero-order valence-corrected chi connectivity index (χ0v) is 14.5. The number of anilines is 1. The van der Waals surface area contributed by atoms with Crippen LogP contribution in [0.25, 0.3) is 0 Å². The number of hydrogen-bond acceptors (Lipinski definition) is 5. The number of fused-ring (bicyclic) bond motifs is 1. The molecule has 2 N–H and O–H groups in total. The lowest BCUT2D eigenvalue weighted by molar-refractivity contribution is -0.116. The normalized spacial score (nSPS) is 17.9. The third-order valence-electron chi connectivity index (χ3n) is 4.55. The summed E-state index contributed by atoms with van der Waals surface area (Å²) < 4.78 is 16.5. The van der Waals surface area contributed by atoms with Crippen molar-refractivity contribution >= 4 is 11.6 Å². The van der Waals surface area contributed by atoms with Gasteiger partial charge in [0.1, 0.15) is 12.4 Å². The van der Waals surface area contributed by atoms with Crippen LogP contribution in [-0.2, 0) is 11.4 Å². The Kier molecular flexibility index (Phi) is 4.93. The maximum absolute atomic E-state index is 12.2. The van der Waals surface area contributed by atoms with Crippen LogP contribution in [0.15, 0.2) is 42.5 Å². The van der Waals surface area contributed by atoms with Gasteiger partial charge in [-0.2, -0.15) is 0 Å². The van der Waals surface area contributed by atoms with Crippen molar-refractivity contribution in [1.29, 1.82) is 0 Å². The third kappa shape index (κ3) is 4.08. The first-order valence-corrected chi connectivity index (χ1v) is 8.91. The maximum Gasteiger partial charge on any atom is 0.231 e. The fourth-order valence-corrected chi connectivity index (χ4v) is 3.24. The molecule has 2 heterocycles. The molecule has 0 aromatic heterocycles. The molecule has 1 amide bonds. The Hall–Kier alpha value is -2.73. The van der Waals surface area contributed by atoms with Crippen molar-refractivity contribution in [3.63, 3.8) is 0 Å². The van der Waals surface area contributed by atoms with Crippen LogP contribution in [0.1, 0.15) is 24.8 Å². The molecular formula is C20H22N2O4. The second-order valence-electron chi connectivity index (χ2n) is 6.55. The summed E-state index contributed by atoms with van der Waals surface area (Å²) >= 11 is 0. The van der Waals surface area contributed by atoms with Gasteiger partial charge >= 0.3 is 0 Å². The quantitative estimate of drug-likeness (QED) is 0.834. The lowest BCUT2D eigenvalue weighted by Gasteiger charge is -2.12. The highest BCUT2D eigenvalue weighted by Gasteiger charge is 2.17. The molecule has 6 heteroatoms. The molecule has 2 aromatic carbocycles. The monoisotopic (exact) mass is 354 g/mol. The van der Waals surface area contributed by atoms with Gasteiger partial charge in [0.15, 0.2) is 11.5 Å². The molecule has 0 spiro atoms. The topological polar surface area (TPSA) is 68.8 Å². The molecule has 1 atom stereocenters.